The fourth-order valence-electron chi connectivity index (χ4n) is 3.00. The van der Waals surface area contributed by atoms with Gasteiger partial charge in [-0.05, 0) is 56.5 Å². The van der Waals surface area contributed by atoms with Gasteiger partial charge in [0.15, 0.2) is 0 Å². The summed E-state index contributed by atoms with van der Waals surface area (Å²) in [7, 11) is 4.10. The van der Waals surface area contributed by atoms with Crippen molar-refractivity contribution in [2.75, 3.05) is 32.1 Å². The largest absolute Gasteiger partial charge is 0.363 e. The molecular weight excluding hydrogens is 222 g/mol. The Kier molecular flexibility index (Phi) is 4.23. The first kappa shape index (κ1) is 13.3. The number of aromatic nitrogens is 1. The average Bonchev–Trinajstić information content (AvgIpc) is 2.77. The first-order chi connectivity index (χ1) is 8.63. The van der Waals surface area contributed by atoms with E-state index in [9.17, 15) is 0 Å². The van der Waals surface area contributed by atoms with Crippen LogP contribution in [0.2, 0.25) is 0 Å². The summed E-state index contributed by atoms with van der Waals surface area (Å²) in [5.74, 6) is 1.08. The van der Waals surface area contributed by atoms with Crippen LogP contribution < -0.4 is 4.90 Å². The van der Waals surface area contributed by atoms with Gasteiger partial charge in [0.05, 0.1) is 0 Å². The minimum Gasteiger partial charge on any atom is -0.363 e. The average molecular weight is 247 g/mol. The summed E-state index contributed by atoms with van der Waals surface area (Å²) in [6.07, 6.45) is 5.90. The highest BCUT2D eigenvalue weighted by atomic mass is 15.2. The molecule has 0 spiro atoms. The lowest BCUT2D eigenvalue weighted by molar-refractivity contribution is 0.257. The maximum atomic E-state index is 4.62. The van der Waals surface area contributed by atoms with Crippen molar-refractivity contribution in [3.05, 3.63) is 23.4 Å². The van der Waals surface area contributed by atoms with Crippen LogP contribution in [0, 0.1) is 6.92 Å². The number of aryl methyl sites for hydroxylation is 1. The summed E-state index contributed by atoms with van der Waals surface area (Å²) in [6, 6.07) is 2.91. The quantitative estimate of drug-likeness (QED) is 0.815. The molecule has 2 heterocycles. The van der Waals surface area contributed by atoms with Crippen LogP contribution in [0.1, 0.15) is 43.4 Å². The Hall–Kier alpha value is -1.09. The van der Waals surface area contributed by atoms with Crippen LogP contribution in [0.5, 0.6) is 0 Å². The lowest BCUT2D eigenvalue weighted by atomic mass is 10.0. The van der Waals surface area contributed by atoms with Crippen molar-refractivity contribution in [2.24, 2.45) is 0 Å². The second kappa shape index (κ2) is 5.70. The van der Waals surface area contributed by atoms with Gasteiger partial charge in [0.2, 0.25) is 0 Å². The van der Waals surface area contributed by atoms with E-state index < -0.39 is 0 Å². The Morgan fingerprint density at radius 2 is 2.22 bits per heavy atom. The molecule has 3 heteroatoms. The summed E-state index contributed by atoms with van der Waals surface area (Å²) in [4.78, 5) is 9.30. The molecule has 1 fully saturated rings. The van der Waals surface area contributed by atoms with Gasteiger partial charge in [0.1, 0.15) is 5.82 Å². The molecule has 0 radical (unpaired) electrons. The Labute approximate surface area is 111 Å². The first-order valence-electron chi connectivity index (χ1n) is 7.01. The van der Waals surface area contributed by atoms with Crippen molar-refractivity contribution < 1.29 is 0 Å². The van der Waals surface area contributed by atoms with Crippen LogP contribution in [-0.2, 0) is 0 Å². The molecule has 0 amide bonds. The fraction of sp³-hybridized carbons (Fsp3) is 0.667. The number of pyridine rings is 1. The SMILES string of the molecule is CCCN1CCCC1c1cnc(N(C)C)c(C)c1. The maximum absolute atomic E-state index is 4.62. The minimum atomic E-state index is 0.590. The van der Waals surface area contributed by atoms with E-state index in [4.69, 9.17) is 0 Å². The van der Waals surface area contributed by atoms with E-state index in [0.29, 0.717) is 6.04 Å². The van der Waals surface area contributed by atoms with E-state index in [0.717, 1.165) is 5.82 Å². The predicted molar refractivity (Wildman–Crippen MR) is 77.1 cm³/mol. The molecule has 0 saturated carbocycles. The van der Waals surface area contributed by atoms with E-state index in [1.165, 1.54) is 43.5 Å². The van der Waals surface area contributed by atoms with E-state index in [1.807, 2.05) is 14.1 Å². The number of hydrogen-bond donors (Lipinski definition) is 0. The molecule has 0 bridgehead atoms. The lowest BCUT2D eigenvalue weighted by Gasteiger charge is -2.25. The van der Waals surface area contributed by atoms with Gasteiger partial charge in [-0.1, -0.05) is 6.92 Å². The first-order valence-corrected chi connectivity index (χ1v) is 7.01. The summed E-state index contributed by atoms with van der Waals surface area (Å²) in [6.45, 7) is 6.87. The zero-order valence-corrected chi connectivity index (χ0v) is 12.1. The van der Waals surface area contributed by atoms with Gasteiger partial charge in [0.25, 0.3) is 0 Å². The molecule has 100 valence electrons. The molecule has 1 atom stereocenters. The second-order valence-electron chi connectivity index (χ2n) is 5.50. The van der Waals surface area contributed by atoms with Crippen molar-refractivity contribution in [3.63, 3.8) is 0 Å². The van der Waals surface area contributed by atoms with E-state index in [2.05, 4.69) is 40.9 Å². The molecule has 3 nitrogen and oxygen atoms in total. The number of likely N-dealkylation sites (tertiary alicyclic amines) is 1. The van der Waals surface area contributed by atoms with E-state index in [1.54, 1.807) is 0 Å². The fourth-order valence-corrected chi connectivity index (χ4v) is 3.00. The summed E-state index contributed by atoms with van der Waals surface area (Å²) >= 11 is 0. The summed E-state index contributed by atoms with van der Waals surface area (Å²) in [5.41, 5.74) is 2.67. The third-order valence-corrected chi connectivity index (χ3v) is 3.75. The van der Waals surface area contributed by atoms with Crippen molar-refractivity contribution in [1.29, 1.82) is 0 Å². The summed E-state index contributed by atoms with van der Waals surface area (Å²) < 4.78 is 0. The lowest BCUT2D eigenvalue weighted by Crippen LogP contribution is -2.24. The van der Waals surface area contributed by atoms with Crippen LogP contribution in [-0.4, -0.2) is 37.1 Å². The second-order valence-corrected chi connectivity index (χ2v) is 5.50. The van der Waals surface area contributed by atoms with Crippen molar-refractivity contribution in [3.8, 4) is 0 Å². The zero-order chi connectivity index (χ0) is 13.1. The molecule has 2 rings (SSSR count). The molecule has 0 aliphatic carbocycles. The molecule has 1 aliphatic rings. The molecule has 1 aromatic heterocycles. The van der Waals surface area contributed by atoms with E-state index in [-0.39, 0.29) is 0 Å². The minimum absolute atomic E-state index is 0.590. The van der Waals surface area contributed by atoms with Gasteiger partial charge in [-0.2, -0.15) is 0 Å². The highest BCUT2D eigenvalue weighted by Gasteiger charge is 2.25. The van der Waals surface area contributed by atoms with Crippen LogP contribution in [0.25, 0.3) is 0 Å². The molecule has 0 N–H and O–H groups in total. The number of nitrogens with zero attached hydrogens (tertiary/aromatic N) is 3. The van der Waals surface area contributed by atoms with Crippen LogP contribution in [0.15, 0.2) is 12.3 Å². The van der Waals surface area contributed by atoms with Crippen LogP contribution in [0.3, 0.4) is 0 Å². The van der Waals surface area contributed by atoms with Gasteiger partial charge in [-0.25, -0.2) is 4.98 Å². The van der Waals surface area contributed by atoms with Gasteiger partial charge in [-0.15, -0.1) is 0 Å². The molecule has 1 aliphatic heterocycles. The Bertz CT molecular complexity index is 401. The van der Waals surface area contributed by atoms with Crippen LogP contribution in [0.4, 0.5) is 5.82 Å². The Morgan fingerprint density at radius 3 is 2.83 bits per heavy atom. The Balaban J connectivity index is 2.20. The smallest absolute Gasteiger partial charge is 0.130 e. The van der Waals surface area contributed by atoms with Gasteiger partial charge in [0, 0.05) is 26.3 Å². The topological polar surface area (TPSA) is 19.4 Å². The third-order valence-electron chi connectivity index (χ3n) is 3.75. The van der Waals surface area contributed by atoms with E-state index >= 15 is 0 Å². The standard InChI is InChI=1S/C15H25N3/c1-5-8-18-9-6-7-14(18)13-10-12(2)15(16-11-13)17(3)4/h10-11,14H,5-9H2,1-4H3. The highest BCUT2D eigenvalue weighted by molar-refractivity contribution is 5.46. The number of rotatable bonds is 4. The van der Waals surface area contributed by atoms with Gasteiger partial charge < -0.3 is 4.90 Å². The molecule has 1 aromatic rings. The molecule has 0 aromatic carbocycles. The highest BCUT2D eigenvalue weighted by Crippen LogP contribution is 2.32. The number of hydrogen-bond acceptors (Lipinski definition) is 3. The summed E-state index contributed by atoms with van der Waals surface area (Å²) in [5, 5.41) is 0. The van der Waals surface area contributed by atoms with Crippen molar-refractivity contribution >= 4 is 5.82 Å². The maximum Gasteiger partial charge on any atom is 0.130 e. The molecule has 1 saturated heterocycles. The van der Waals surface area contributed by atoms with Gasteiger partial charge >= 0.3 is 0 Å². The van der Waals surface area contributed by atoms with Gasteiger partial charge in [-0.3, -0.25) is 4.90 Å². The van der Waals surface area contributed by atoms with Crippen molar-refractivity contribution in [1.82, 2.24) is 9.88 Å². The zero-order valence-electron chi connectivity index (χ0n) is 12.1. The molecule has 1 unspecified atom stereocenters. The normalized spacial score (nSPS) is 20.3. The Morgan fingerprint density at radius 1 is 1.44 bits per heavy atom. The number of anilines is 1. The predicted octanol–water partition coefficient (Wildman–Crippen LogP) is 3.00. The molecule has 18 heavy (non-hydrogen) atoms. The third kappa shape index (κ3) is 2.66. The van der Waals surface area contributed by atoms with Crippen LogP contribution >= 0.6 is 0 Å². The van der Waals surface area contributed by atoms with Crippen molar-refractivity contribution in [2.45, 2.75) is 39.2 Å². The molecular formula is C15H25N3. The monoisotopic (exact) mass is 247 g/mol.